The molecule has 136 valence electrons. The molecule has 0 heterocycles. The van der Waals surface area contributed by atoms with Crippen LogP contribution in [0.1, 0.15) is 31.1 Å². The van der Waals surface area contributed by atoms with Crippen LogP contribution in [0.2, 0.25) is 0 Å². The number of carbonyl (C=O) groups excluding carboxylic acids is 3. The zero-order chi connectivity index (χ0) is 18.9. The number of anilines is 1. The summed E-state index contributed by atoms with van der Waals surface area (Å²) in [7, 11) is 2.84. The minimum Gasteiger partial charge on any atom is -0.465 e. The zero-order valence-corrected chi connectivity index (χ0v) is 14.6. The van der Waals surface area contributed by atoms with Crippen LogP contribution in [0.5, 0.6) is 0 Å². The van der Waals surface area contributed by atoms with Gasteiger partial charge in [0.1, 0.15) is 0 Å². The Hall–Kier alpha value is -3.19. The molecule has 2 N–H and O–H groups in total. The minimum absolute atomic E-state index is 0.288. The van der Waals surface area contributed by atoms with Crippen molar-refractivity contribution in [2.75, 3.05) is 32.7 Å². The predicted molar refractivity (Wildman–Crippen MR) is 96.4 cm³/mol. The molecule has 7 nitrogen and oxygen atoms in total. The lowest BCUT2D eigenvalue weighted by Gasteiger charge is -2.09. The van der Waals surface area contributed by atoms with E-state index < -0.39 is 11.9 Å². The Balaban J connectivity index is 2.09. The smallest absolute Gasteiger partial charge is 0.337 e. The van der Waals surface area contributed by atoms with E-state index in [4.69, 9.17) is 4.74 Å². The van der Waals surface area contributed by atoms with Gasteiger partial charge < -0.3 is 20.1 Å². The number of benzene rings is 2. The highest BCUT2D eigenvalue weighted by atomic mass is 16.5. The average Bonchev–Trinajstić information content (AvgIpc) is 2.67. The summed E-state index contributed by atoms with van der Waals surface area (Å²) in [6.07, 6.45) is 0. The van der Waals surface area contributed by atoms with Crippen LogP contribution in [0.3, 0.4) is 0 Å². The van der Waals surface area contributed by atoms with Crippen LogP contribution >= 0.6 is 0 Å². The quantitative estimate of drug-likeness (QED) is 0.585. The molecule has 2 amide bonds. The number of hydrogen-bond acceptors (Lipinski definition) is 5. The first-order valence-corrected chi connectivity index (χ1v) is 7.92. The molecule has 2 aromatic carbocycles. The fourth-order valence-electron chi connectivity index (χ4n) is 2.22. The number of esters is 1. The minimum atomic E-state index is -0.490. The molecule has 26 heavy (non-hydrogen) atoms. The first kappa shape index (κ1) is 19.1. The Morgan fingerprint density at radius 3 is 2.23 bits per heavy atom. The highest BCUT2D eigenvalue weighted by Gasteiger charge is 2.12. The molecule has 0 aliphatic rings. The van der Waals surface area contributed by atoms with Crippen molar-refractivity contribution in [1.82, 2.24) is 5.32 Å². The molecule has 0 fully saturated rings. The second-order valence-electron chi connectivity index (χ2n) is 5.36. The van der Waals surface area contributed by atoms with E-state index in [1.165, 1.54) is 19.2 Å². The topological polar surface area (TPSA) is 93.7 Å². The number of hydrogen-bond donors (Lipinski definition) is 2. The van der Waals surface area contributed by atoms with Gasteiger partial charge in [0.05, 0.1) is 19.3 Å². The van der Waals surface area contributed by atoms with E-state index in [-0.39, 0.29) is 5.91 Å². The summed E-state index contributed by atoms with van der Waals surface area (Å²) in [5, 5.41) is 5.39. The molecule has 7 heteroatoms. The molecule has 0 aliphatic carbocycles. The van der Waals surface area contributed by atoms with Crippen molar-refractivity contribution in [2.45, 2.75) is 0 Å². The first-order valence-electron chi connectivity index (χ1n) is 7.92. The van der Waals surface area contributed by atoms with Gasteiger partial charge in [0.25, 0.3) is 11.8 Å². The molecule has 0 radical (unpaired) electrons. The fourth-order valence-corrected chi connectivity index (χ4v) is 2.22. The summed E-state index contributed by atoms with van der Waals surface area (Å²) in [5.74, 6) is -1.17. The van der Waals surface area contributed by atoms with Crippen LogP contribution in [-0.4, -0.2) is 45.2 Å². The monoisotopic (exact) mass is 356 g/mol. The fraction of sp³-hybridized carbons (Fsp3) is 0.211. The lowest BCUT2D eigenvalue weighted by molar-refractivity contribution is 0.0600. The molecule has 0 atom stereocenters. The number of rotatable bonds is 7. The summed E-state index contributed by atoms with van der Waals surface area (Å²) >= 11 is 0. The maximum Gasteiger partial charge on any atom is 0.337 e. The van der Waals surface area contributed by atoms with E-state index >= 15 is 0 Å². The van der Waals surface area contributed by atoms with Crippen molar-refractivity contribution in [1.29, 1.82) is 0 Å². The van der Waals surface area contributed by atoms with Crippen LogP contribution in [0.4, 0.5) is 5.69 Å². The molecule has 0 saturated carbocycles. The van der Waals surface area contributed by atoms with Crippen LogP contribution in [0.15, 0.2) is 48.5 Å². The van der Waals surface area contributed by atoms with Gasteiger partial charge in [-0.2, -0.15) is 0 Å². The number of amides is 2. The lowest BCUT2D eigenvalue weighted by Crippen LogP contribution is -2.27. The molecule has 0 saturated heterocycles. The van der Waals surface area contributed by atoms with Gasteiger partial charge in [-0.15, -0.1) is 0 Å². The van der Waals surface area contributed by atoms with Crippen molar-refractivity contribution in [3.8, 4) is 0 Å². The molecule has 0 spiro atoms. The van der Waals surface area contributed by atoms with Crippen LogP contribution < -0.4 is 10.6 Å². The number of ether oxygens (including phenoxy) is 2. The standard InChI is InChI=1S/C19H20N2O5/c1-25-10-9-20-17(22)13-5-3-6-14(11-13)18(23)21-16-8-4-7-15(12-16)19(24)26-2/h3-8,11-12H,9-10H2,1-2H3,(H,20,22)(H,21,23). The number of carbonyl (C=O) groups is 3. The van der Waals surface area contributed by atoms with Gasteiger partial charge in [-0.1, -0.05) is 12.1 Å². The largest absolute Gasteiger partial charge is 0.465 e. The Labute approximate surface area is 151 Å². The van der Waals surface area contributed by atoms with Gasteiger partial charge in [0.2, 0.25) is 0 Å². The Morgan fingerprint density at radius 1 is 0.885 bits per heavy atom. The summed E-state index contributed by atoms with van der Waals surface area (Å²) in [6, 6.07) is 12.8. The van der Waals surface area contributed by atoms with Gasteiger partial charge in [0.15, 0.2) is 0 Å². The van der Waals surface area contributed by atoms with E-state index in [9.17, 15) is 14.4 Å². The van der Waals surface area contributed by atoms with Gasteiger partial charge in [0, 0.05) is 30.5 Å². The van der Waals surface area contributed by atoms with Crippen molar-refractivity contribution in [3.05, 3.63) is 65.2 Å². The third-order valence-electron chi connectivity index (χ3n) is 3.52. The molecular weight excluding hydrogens is 336 g/mol. The molecule has 2 rings (SSSR count). The van der Waals surface area contributed by atoms with Crippen LogP contribution in [0, 0.1) is 0 Å². The zero-order valence-electron chi connectivity index (χ0n) is 14.6. The SMILES string of the molecule is COCCNC(=O)c1cccc(C(=O)Nc2cccc(C(=O)OC)c2)c1. The summed E-state index contributed by atoms with van der Waals surface area (Å²) in [4.78, 5) is 36.0. The van der Waals surface area contributed by atoms with Gasteiger partial charge in [-0.05, 0) is 36.4 Å². The second-order valence-corrected chi connectivity index (χ2v) is 5.36. The van der Waals surface area contributed by atoms with Crippen LogP contribution in [-0.2, 0) is 9.47 Å². The Bertz CT molecular complexity index is 804. The Morgan fingerprint density at radius 2 is 1.54 bits per heavy atom. The third kappa shape index (κ3) is 5.15. The van der Waals surface area contributed by atoms with Gasteiger partial charge in [-0.25, -0.2) is 4.79 Å². The van der Waals surface area contributed by atoms with E-state index in [1.807, 2.05) is 0 Å². The van der Waals surface area contributed by atoms with Crippen molar-refractivity contribution in [2.24, 2.45) is 0 Å². The molecule has 0 aliphatic heterocycles. The molecule has 0 unspecified atom stereocenters. The molecule has 0 bridgehead atoms. The van der Waals surface area contributed by atoms with Crippen molar-refractivity contribution >= 4 is 23.5 Å². The molecule has 0 aromatic heterocycles. The van der Waals surface area contributed by atoms with Crippen LogP contribution in [0.25, 0.3) is 0 Å². The second kappa shape index (κ2) is 9.33. The highest BCUT2D eigenvalue weighted by Crippen LogP contribution is 2.14. The number of nitrogens with one attached hydrogen (secondary N) is 2. The first-order chi connectivity index (χ1) is 12.5. The van der Waals surface area contributed by atoms with E-state index in [1.54, 1.807) is 43.5 Å². The van der Waals surface area contributed by atoms with Gasteiger partial charge >= 0.3 is 5.97 Å². The molecular formula is C19H20N2O5. The molecule has 2 aromatic rings. The third-order valence-corrected chi connectivity index (χ3v) is 3.52. The highest BCUT2D eigenvalue weighted by molar-refractivity contribution is 6.06. The summed E-state index contributed by atoms with van der Waals surface area (Å²) < 4.78 is 9.54. The van der Waals surface area contributed by atoms with E-state index in [0.717, 1.165) is 0 Å². The van der Waals surface area contributed by atoms with Crippen molar-refractivity contribution in [3.63, 3.8) is 0 Å². The Kier molecular flexibility index (Phi) is 6.87. The van der Waals surface area contributed by atoms with Gasteiger partial charge in [-0.3, -0.25) is 9.59 Å². The summed E-state index contributed by atoms with van der Waals surface area (Å²) in [6.45, 7) is 0.786. The van der Waals surface area contributed by atoms with E-state index in [0.29, 0.717) is 35.5 Å². The predicted octanol–water partition coefficient (Wildman–Crippen LogP) is 2.10. The lowest BCUT2D eigenvalue weighted by atomic mass is 10.1. The maximum atomic E-state index is 12.4. The van der Waals surface area contributed by atoms with E-state index in [2.05, 4.69) is 15.4 Å². The normalized spacial score (nSPS) is 10.1. The number of methoxy groups -OCH3 is 2. The summed E-state index contributed by atoms with van der Waals surface area (Å²) in [5.41, 5.74) is 1.48. The maximum absolute atomic E-state index is 12.4. The average molecular weight is 356 g/mol. The van der Waals surface area contributed by atoms with Crippen molar-refractivity contribution < 1.29 is 23.9 Å².